The van der Waals surface area contributed by atoms with E-state index in [4.69, 9.17) is 11.6 Å². The summed E-state index contributed by atoms with van der Waals surface area (Å²) in [7, 11) is 3.41. The van der Waals surface area contributed by atoms with E-state index < -0.39 is 18.0 Å². The predicted molar refractivity (Wildman–Crippen MR) is 140 cm³/mol. The Morgan fingerprint density at radius 3 is 2.21 bits per heavy atom. The van der Waals surface area contributed by atoms with E-state index in [1.165, 1.54) is 34.1 Å². The van der Waals surface area contributed by atoms with Crippen molar-refractivity contribution in [1.82, 2.24) is 14.7 Å². The van der Waals surface area contributed by atoms with Gasteiger partial charge in [-0.05, 0) is 68.0 Å². The summed E-state index contributed by atoms with van der Waals surface area (Å²) in [6.45, 7) is 2.73. The monoisotopic (exact) mass is 547 g/mol. The lowest BCUT2D eigenvalue weighted by molar-refractivity contribution is -0.187. The van der Waals surface area contributed by atoms with Crippen LogP contribution in [0.4, 0.5) is 13.2 Å². The molecule has 1 aliphatic carbocycles. The fourth-order valence-corrected chi connectivity index (χ4v) is 6.74. The van der Waals surface area contributed by atoms with E-state index >= 15 is 0 Å². The minimum absolute atomic E-state index is 0.000494. The molecule has 0 N–H and O–H groups in total. The molecule has 1 atom stereocenters. The third-order valence-corrected chi connectivity index (χ3v) is 8.87. The number of likely N-dealkylation sites (tertiary alicyclic amines) is 2. The van der Waals surface area contributed by atoms with E-state index in [0.29, 0.717) is 35.6 Å². The number of carbonyl (C=O) groups is 2. The van der Waals surface area contributed by atoms with Crippen LogP contribution in [0.1, 0.15) is 59.0 Å². The highest BCUT2D eigenvalue weighted by Crippen LogP contribution is 2.52. The van der Waals surface area contributed by atoms with Gasteiger partial charge in [0.1, 0.15) is 0 Å². The highest BCUT2D eigenvalue weighted by Gasteiger charge is 2.58. The zero-order chi connectivity index (χ0) is 27.2. The van der Waals surface area contributed by atoms with E-state index in [1.807, 2.05) is 18.2 Å². The Hall–Kier alpha value is -2.58. The number of carbonyl (C=O) groups excluding carboxylic acids is 2. The summed E-state index contributed by atoms with van der Waals surface area (Å²) >= 11 is 6.42. The zero-order valence-corrected chi connectivity index (χ0v) is 22.4. The Labute approximate surface area is 226 Å². The van der Waals surface area contributed by atoms with Crippen LogP contribution in [-0.4, -0.2) is 79.0 Å². The normalized spacial score (nSPS) is 21.1. The molecule has 5 rings (SSSR count). The van der Waals surface area contributed by atoms with Crippen LogP contribution < -0.4 is 0 Å². The topological polar surface area (TPSA) is 43.9 Å². The Morgan fingerprint density at radius 2 is 1.66 bits per heavy atom. The Bertz CT molecular complexity index is 1180. The molecule has 2 amide bonds. The van der Waals surface area contributed by atoms with Gasteiger partial charge in [-0.25, -0.2) is 0 Å². The summed E-state index contributed by atoms with van der Waals surface area (Å²) in [4.78, 5) is 30.5. The molecule has 3 fully saturated rings. The number of piperidine rings is 1. The summed E-state index contributed by atoms with van der Waals surface area (Å²) in [5.74, 6) is -2.66. The lowest BCUT2D eigenvalue weighted by Gasteiger charge is -2.62. The lowest BCUT2D eigenvalue weighted by Crippen LogP contribution is -2.68. The average molecular weight is 548 g/mol. The van der Waals surface area contributed by atoms with Crippen LogP contribution in [0.5, 0.6) is 0 Å². The predicted octanol–water partition coefficient (Wildman–Crippen LogP) is 5.56. The third kappa shape index (κ3) is 5.17. The highest BCUT2D eigenvalue weighted by molar-refractivity contribution is 6.33. The SMILES string of the molecule is CN(C)C(=O)c1ccc(C2CCN(C3CC4(C3)CN(C(=O)C(c3ccccc3)C(F)(F)F)C4)CC2)cc1Cl. The third-order valence-electron chi connectivity index (χ3n) is 8.56. The Morgan fingerprint density at radius 1 is 1.03 bits per heavy atom. The molecular formula is C29H33ClF3N3O2. The fourth-order valence-electron chi connectivity index (χ4n) is 6.47. The molecule has 1 unspecified atom stereocenters. The van der Waals surface area contributed by atoms with Gasteiger partial charge in [-0.2, -0.15) is 13.2 Å². The molecule has 5 nitrogen and oxygen atoms in total. The second-order valence-electron chi connectivity index (χ2n) is 11.4. The fraction of sp³-hybridized carbons (Fsp3) is 0.517. The second kappa shape index (κ2) is 10.2. The molecule has 2 saturated heterocycles. The van der Waals surface area contributed by atoms with Crippen molar-refractivity contribution >= 4 is 23.4 Å². The number of alkyl halides is 3. The molecular weight excluding hydrogens is 515 g/mol. The maximum absolute atomic E-state index is 13.8. The van der Waals surface area contributed by atoms with Crippen LogP contribution in [0.15, 0.2) is 48.5 Å². The summed E-state index contributed by atoms with van der Waals surface area (Å²) in [6.07, 6.45) is -0.765. The van der Waals surface area contributed by atoms with Gasteiger partial charge in [-0.3, -0.25) is 9.59 Å². The van der Waals surface area contributed by atoms with Crippen LogP contribution in [0, 0.1) is 5.41 Å². The van der Waals surface area contributed by atoms with Gasteiger partial charge in [0, 0.05) is 38.6 Å². The quantitative estimate of drug-likeness (QED) is 0.492. The van der Waals surface area contributed by atoms with Crippen molar-refractivity contribution < 1.29 is 22.8 Å². The molecule has 0 bridgehead atoms. The van der Waals surface area contributed by atoms with Gasteiger partial charge in [-0.1, -0.05) is 48.0 Å². The smallest absolute Gasteiger partial charge is 0.345 e. The van der Waals surface area contributed by atoms with Gasteiger partial charge in [0.15, 0.2) is 5.92 Å². The van der Waals surface area contributed by atoms with E-state index in [2.05, 4.69) is 4.90 Å². The van der Waals surface area contributed by atoms with Crippen LogP contribution >= 0.6 is 11.6 Å². The van der Waals surface area contributed by atoms with E-state index in [9.17, 15) is 22.8 Å². The van der Waals surface area contributed by atoms with Crippen molar-refractivity contribution in [3.8, 4) is 0 Å². The number of hydrogen-bond donors (Lipinski definition) is 0. The minimum atomic E-state index is -4.61. The van der Waals surface area contributed by atoms with Gasteiger partial charge in [-0.15, -0.1) is 0 Å². The lowest BCUT2D eigenvalue weighted by atomic mass is 9.59. The van der Waals surface area contributed by atoms with Crippen LogP contribution in [0.25, 0.3) is 0 Å². The van der Waals surface area contributed by atoms with Gasteiger partial charge in [0.05, 0.1) is 10.6 Å². The summed E-state index contributed by atoms with van der Waals surface area (Å²) in [5.41, 5.74) is 1.63. The number of rotatable bonds is 5. The number of nitrogens with zero attached hydrogens (tertiary/aromatic N) is 3. The first-order valence-corrected chi connectivity index (χ1v) is 13.5. The second-order valence-corrected chi connectivity index (χ2v) is 11.8. The van der Waals surface area contributed by atoms with Crippen molar-refractivity contribution in [3.63, 3.8) is 0 Å². The van der Waals surface area contributed by atoms with Crippen molar-refractivity contribution in [2.45, 2.75) is 49.7 Å². The Balaban J connectivity index is 1.11. The van der Waals surface area contributed by atoms with E-state index in [0.717, 1.165) is 44.3 Å². The number of hydrogen-bond acceptors (Lipinski definition) is 3. The summed E-state index contributed by atoms with van der Waals surface area (Å²) in [6, 6.07) is 13.6. The summed E-state index contributed by atoms with van der Waals surface area (Å²) < 4.78 is 41.3. The first-order chi connectivity index (χ1) is 18.0. The number of benzene rings is 2. The van der Waals surface area contributed by atoms with Crippen LogP contribution in [0.3, 0.4) is 0 Å². The average Bonchev–Trinajstić information content (AvgIpc) is 2.82. The van der Waals surface area contributed by atoms with Crippen LogP contribution in [0.2, 0.25) is 5.02 Å². The van der Waals surface area contributed by atoms with Gasteiger partial charge < -0.3 is 14.7 Å². The van der Waals surface area contributed by atoms with E-state index in [-0.39, 0.29) is 16.9 Å². The maximum Gasteiger partial charge on any atom is 0.404 e. The number of halogens is 4. The molecule has 0 aromatic heterocycles. The Kier molecular flexibility index (Phi) is 7.24. The maximum atomic E-state index is 13.8. The first-order valence-electron chi connectivity index (χ1n) is 13.1. The van der Waals surface area contributed by atoms with Crippen molar-refractivity contribution in [1.29, 1.82) is 0 Å². The summed E-state index contributed by atoms with van der Waals surface area (Å²) in [5, 5.41) is 0.480. The number of amides is 2. The molecule has 38 heavy (non-hydrogen) atoms. The first kappa shape index (κ1) is 27.0. The molecule has 0 radical (unpaired) electrons. The molecule has 2 aromatic rings. The van der Waals surface area contributed by atoms with E-state index in [1.54, 1.807) is 20.2 Å². The van der Waals surface area contributed by atoms with Gasteiger partial charge in [0.2, 0.25) is 5.91 Å². The molecule has 2 aliphatic heterocycles. The largest absolute Gasteiger partial charge is 0.404 e. The minimum Gasteiger partial charge on any atom is -0.345 e. The molecule has 1 saturated carbocycles. The molecule has 204 valence electrons. The highest BCUT2D eigenvalue weighted by atomic mass is 35.5. The molecule has 9 heteroatoms. The molecule has 3 aliphatic rings. The van der Waals surface area contributed by atoms with Gasteiger partial charge in [0.25, 0.3) is 5.91 Å². The van der Waals surface area contributed by atoms with Crippen molar-refractivity contribution in [2.75, 3.05) is 40.3 Å². The molecule has 2 aromatic carbocycles. The zero-order valence-electron chi connectivity index (χ0n) is 21.7. The standard InChI is InChI=1S/C29H33ClF3N3O2/c1-34(2)26(37)23-9-8-21(14-24(23)30)19-10-12-35(13-11-19)22-15-28(16-22)17-36(18-28)27(38)25(29(31,32)33)20-6-4-3-5-7-20/h3-9,14,19,22,25H,10-13,15-18H2,1-2H3. The van der Waals surface area contributed by atoms with Crippen molar-refractivity contribution in [3.05, 3.63) is 70.2 Å². The van der Waals surface area contributed by atoms with Gasteiger partial charge >= 0.3 is 6.18 Å². The van der Waals surface area contributed by atoms with Crippen molar-refractivity contribution in [2.24, 2.45) is 5.41 Å². The molecule has 1 spiro atoms. The molecule has 2 heterocycles. The van der Waals surface area contributed by atoms with Crippen LogP contribution in [-0.2, 0) is 4.79 Å².